The Morgan fingerprint density at radius 1 is 1.25 bits per heavy atom. The minimum Gasteiger partial charge on any atom is -0.378 e. The molecule has 0 atom stereocenters. The fourth-order valence-electron chi connectivity index (χ4n) is 2.51. The summed E-state index contributed by atoms with van der Waals surface area (Å²) in [5.74, 6) is 1.50. The van der Waals surface area contributed by atoms with E-state index in [1.54, 1.807) is 25.9 Å². The summed E-state index contributed by atoms with van der Waals surface area (Å²) >= 11 is 1.72. The van der Waals surface area contributed by atoms with Gasteiger partial charge in [-0.2, -0.15) is 16.1 Å². The maximum atomic E-state index is 12.5. The second kappa shape index (κ2) is 12.5. The first-order valence-corrected chi connectivity index (χ1v) is 12.5. The number of carbonyl (C=O) groups excluding carboxylic acids is 1. The number of aliphatic imine (C=N–C) groups is 1. The van der Waals surface area contributed by atoms with Gasteiger partial charge in [-0.05, 0) is 20.1 Å². The molecule has 0 aromatic heterocycles. The van der Waals surface area contributed by atoms with Crippen molar-refractivity contribution in [3.63, 3.8) is 0 Å². The average Bonchev–Trinajstić information content (AvgIpc) is 2.63. The third kappa shape index (κ3) is 8.97. The molecule has 1 aliphatic heterocycles. The number of nitrogens with zero attached hydrogens (tertiary/aromatic N) is 4. The summed E-state index contributed by atoms with van der Waals surface area (Å²) < 4.78 is 31.8. The fourth-order valence-corrected chi connectivity index (χ4v) is 4.10. The van der Waals surface area contributed by atoms with Crippen molar-refractivity contribution < 1.29 is 17.9 Å². The Bertz CT molecular complexity index is 603. The minimum absolute atomic E-state index is 0.00453. The van der Waals surface area contributed by atoms with Crippen molar-refractivity contribution in [1.29, 1.82) is 0 Å². The molecule has 0 aliphatic carbocycles. The van der Waals surface area contributed by atoms with E-state index in [-0.39, 0.29) is 30.9 Å². The molecule has 0 aromatic rings. The molecule has 28 heavy (non-hydrogen) atoms. The summed E-state index contributed by atoms with van der Waals surface area (Å²) in [6.07, 6.45) is 2.05. The number of guanidine groups is 1. The second-order valence-corrected chi connectivity index (χ2v) is 10.0. The Morgan fingerprint density at radius 2 is 1.89 bits per heavy atom. The number of nitrogens with one attached hydrogen (secondary N) is 1. The molecule has 1 heterocycles. The highest BCUT2D eigenvalue weighted by atomic mass is 32.2. The Balaban J connectivity index is 2.65. The van der Waals surface area contributed by atoms with Gasteiger partial charge < -0.3 is 19.9 Å². The number of hydrogen-bond acceptors (Lipinski definition) is 6. The largest absolute Gasteiger partial charge is 0.378 e. The molecule has 1 aliphatic rings. The summed E-state index contributed by atoms with van der Waals surface area (Å²) in [6, 6.07) is 0. The van der Waals surface area contributed by atoms with Gasteiger partial charge in [-0.1, -0.05) is 0 Å². The Labute approximate surface area is 173 Å². The van der Waals surface area contributed by atoms with Crippen molar-refractivity contribution in [2.24, 2.45) is 4.99 Å². The Kier molecular flexibility index (Phi) is 11.2. The van der Waals surface area contributed by atoms with Crippen LogP contribution in [-0.2, 0) is 19.6 Å². The maximum Gasteiger partial charge on any atom is 0.243 e. The quantitative estimate of drug-likeness (QED) is 0.286. The molecule has 0 radical (unpaired) electrons. The predicted molar refractivity (Wildman–Crippen MR) is 115 cm³/mol. The van der Waals surface area contributed by atoms with Crippen molar-refractivity contribution in [3.05, 3.63) is 0 Å². The highest BCUT2D eigenvalue weighted by Crippen LogP contribution is 2.09. The van der Waals surface area contributed by atoms with Crippen molar-refractivity contribution >= 4 is 33.7 Å². The van der Waals surface area contributed by atoms with Gasteiger partial charge in [-0.25, -0.2) is 13.4 Å². The van der Waals surface area contributed by atoms with E-state index in [1.165, 1.54) is 9.21 Å². The number of hydrogen-bond donors (Lipinski definition) is 1. The number of amides is 1. The molecule has 0 spiro atoms. The number of thioether (sulfide) groups is 1. The minimum atomic E-state index is -3.33. The molecule has 9 nitrogen and oxygen atoms in total. The zero-order valence-corrected chi connectivity index (χ0v) is 19.3. The van der Waals surface area contributed by atoms with E-state index in [2.05, 4.69) is 10.3 Å². The first kappa shape index (κ1) is 25.0. The van der Waals surface area contributed by atoms with E-state index in [0.717, 1.165) is 12.3 Å². The SMILES string of the molecule is CSCCNC(=NCC(=O)N(C)C)N1CCN(S(=O)(=O)CCOC(C)C)CC1. The van der Waals surface area contributed by atoms with E-state index in [4.69, 9.17) is 4.74 Å². The van der Waals surface area contributed by atoms with Crippen LogP contribution in [0.3, 0.4) is 0 Å². The summed E-state index contributed by atoms with van der Waals surface area (Å²) in [4.78, 5) is 19.8. The standard InChI is InChI=1S/C17H35N5O4S2/c1-15(2)26-11-13-28(24,25)22-9-7-21(8-10-22)17(18-6-12-27-5)19-14-16(23)20(3)4/h15H,6-14H2,1-5H3,(H,18,19). The van der Waals surface area contributed by atoms with Crippen LogP contribution in [0.2, 0.25) is 0 Å². The lowest BCUT2D eigenvalue weighted by atomic mass is 10.4. The van der Waals surface area contributed by atoms with Crippen LogP contribution >= 0.6 is 11.8 Å². The van der Waals surface area contributed by atoms with Gasteiger partial charge in [-0.3, -0.25) is 4.79 Å². The smallest absolute Gasteiger partial charge is 0.243 e. The first-order valence-electron chi connectivity index (χ1n) is 9.49. The lowest BCUT2D eigenvalue weighted by molar-refractivity contribution is -0.127. The van der Waals surface area contributed by atoms with Crippen molar-refractivity contribution in [2.75, 3.05) is 77.7 Å². The van der Waals surface area contributed by atoms with E-state index in [9.17, 15) is 13.2 Å². The molecular weight excluding hydrogens is 402 g/mol. The number of likely N-dealkylation sites (N-methyl/N-ethyl adjacent to an activating group) is 1. The molecule has 1 saturated heterocycles. The van der Waals surface area contributed by atoms with Crippen molar-refractivity contribution in [1.82, 2.24) is 19.4 Å². The molecule has 1 rings (SSSR count). The number of sulfonamides is 1. The van der Waals surface area contributed by atoms with Crippen molar-refractivity contribution in [3.8, 4) is 0 Å². The average molecular weight is 438 g/mol. The molecule has 1 fully saturated rings. The third-order valence-corrected chi connectivity index (χ3v) is 6.62. The lowest BCUT2D eigenvalue weighted by Crippen LogP contribution is -2.54. The predicted octanol–water partition coefficient (Wildman–Crippen LogP) is -0.244. The van der Waals surface area contributed by atoms with Gasteiger partial charge in [0.25, 0.3) is 0 Å². The summed E-state index contributed by atoms with van der Waals surface area (Å²) in [7, 11) is 0.0707. The zero-order chi connectivity index (χ0) is 21.2. The van der Waals surface area contributed by atoms with Crippen LogP contribution in [0.4, 0.5) is 0 Å². The topological polar surface area (TPSA) is 94.5 Å². The first-order chi connectivity index (χ1) is 13.2. The molecule has 164 valence electrons. The van der Waals surface area contributed by atoms with Crippen molar-refractivity contribution in [2.45, 2.75) is 20.0 Å². The number of rotatable bonds is 10. The molecule has 0 saturated carbocycles. The van der Waals surface area contributed by atoms with Gasteiger partial charge >= 0.3 is 0 Å². The third-order valence-electron chi connectivity index (χ3n) is 4.18. The molecule has 0 bridgehead atoms. The number of piperazine rings is 1. The van der Waals surface area contributed by atoms with Gasteiger partial charge in [0.1, 0.15) is 6.54 Å². The van der Waals surface area contributed by atoms with E-state index < -0.39 is 10.0 Å². The van der Waals surface area contributed by atoms with Gasteiger partial charge in [0.15, 0.2) is 5.96 Å². The van der Waals surface area contributed by atoms with Gasteiger partial charge in [0, 0.05) is 52.6 Å². The molecule has 1 amide bonds. The van der Waals surface area contributed by atoms with Gasteiger partial charge in [0.05, 0.1) is 18.5 Å². The molecular formula is C17H35N5O4S2. The summed E-state index contributed by atoms with van der Waals surface area (Å²) in [5.41, 5.74) is 0. The van der Waals surface area contributed by atoms with Crippen LogP contribution in [-0.4, -0.2) is 118 Å². The molecule has 11 heteroatoms. The second-order valence-electron chi connectivity index (χ2n) is 6.97. The van der Waals surface area contributed by atoms with E-state index >= 15 is 0 Å². The zero-order valence-electron chi connectivity index (χ0n) is 17.7. The van der Waals surface area contributed by atoms with Crippen LogP contribution in [0.25, 0.3) is 0 Å². The molecule has 1 N–H and O–H groups in total. The highest BCUT2D eigenvalue weighted by molar-refractivity contribution is 7.98. The van der Waals surface area contributed by atoms with Gasteiger partial charge in [-0.15, -0.1) is 0 Å². The maximum absolute atomic E-state index is 12.5. The fraction of sp³-hybridized carbons (Fsp3) is 0.882. The monoisotopic (exact) mass is 437 g/mol. The molecule has 0 unspecified atom stereocenters. The van der Waals surface area contributed by atoms with Crippen LogP contribution in [0.15, 0.2) is 4.99 Å². The normalized spacial score (nSPS) is 16.5. The Morgan fingerprint density at radius 3 is 2.43 bits per heavy atom. The van der Waals surface area contributed by atoms with Crippen LogP contribution < -0.4 is 5.32 Å². The summed E-state index contributed by atoms with van der Waals surface area (Å²) in [5, 5.41) is 3.28. The lowest BCUT2D eigenvalue weighted by Gasteiger charge is -2.36. The highest BCUT2D eigenvalue weighted by Gasteiger charge is 2.28. The van der Waals surface area contributed by atoms with Gasteiger partial charge in [0.2, 0.25) is 15.9 Å². The molecule has 0 aromatic carbocycles. The van der Waals surface area contributed by atoms with E-state index in [0.29, 0.717) is 32.1 Å². The van der Waals surface area contributed by atoms with Crippen LogP contribution in [0, 0.1) is 0 Å². The summed E-state index contributed by atoms with van der Waals surface area (Å²) in [6.45, 7) is 6.64. The van der Waals surface area contributed by atoms with E-state index in [1.807, 2.05) is 25.0 Å². The number of carbonyl (C=O) groups is 1. The van der Waals surface area contributed by atoms with Crippen LogP contribution in [0.5, 0.6) is 0 Å². The number of ether oxygens (including phenoxy) is 1. The van der Waals surface area contributed by atoms with Crippen LogP contribution in [0.1, 0.15) is 13.8 Å². The Hall–Kier alpha value is -1.04.